The van der Waals surface area contributed by atoms with Gasteiger partial charge in [-0.3, -0.25) is 9.59 Å². The second kappa shape index (κ2) is 57.0. The summed E-state index contributed by atoms with van der Waals surface area (Å²) in [6.45, 7) is 4.71. The molecular formula is C65H123NO8. The fourth-order valence-electron chi connectivity index (χ4n) is 9.52. The highest BCUT2D eigenvalue weighted by molar-refractivity contribution is 5.70. The van der Waals surface area contributed by atoms with Crippen LogP contribution in [0.15, 0.2) is 24.3 Å². The molecule has 0 rings (SSSR count). The van der Waals surface area contributed by atoms with E-state index in [0.29, 0.717) is 23.9 Å². The van der Waals surface area contributed by atoms with Crippen LogP contribution in [-0.2, 0) is 33.3 Å². The Morgan fingerprint density at radius 1 is 0.405 bits per heavy atom. The minimum absolute atomic E-state index is 0.147. The Kier molecular flexibility index (Phi) is 55.2. The molecule has 0 saturated heterocycles. The van der Waals surface area contributed by atoms with Crippen molar-refractivity contribution in [3.8, 4) is 0 Å². The summed E-state index contributed by atoms with van der Waals surface area (Å²) in [6.07, 6.45) is 65.7. The van der Waals surface area contributed by atoms with Gasteiger partial charge in [0.2, 0.25) is 0 Å². The highest BCUT2D eigenvalue weighted by Gasteiger charge is 2.22. The molecule has 0 aromatic rings. The van der Waals surface area contributed by atoms with Crippen LogP contribution in [0.25, 0.3) is 0 Å². The SMILES string of the molecule is CCC/C=C\C/C=C\CCCCCCCC(=O)OC(COC(=O)CCCCCCCCCCCCCCCCCCCCCCCCCCCCCCCCCCCCCC)COC(OCC[N+](C)(C)C)C(=O)[O-]. The molecule has 0 spiro atoms. The summed E-state index contributed by atoms with van der Waals surface area (Å²) in [5, 5.41) is 11.8. The van der Waals surface area contributed by atoms with E-state index in [-0.39, 0.29) is 32.2 Å². The smallest absolute Gasteiger partial charge is 0.306 e. The van der Waals surface area contributed by atoms with Gasteiger partial charge in [0.25, 0.3) is 0 Å². The van der Waals surface area contributed by atoms with Crippen molar-refractivity contribution in [2.24, 2.45) is 0 Å². The summed E-state index contributed by atoms with van der Waals surface area (Å²) >= 11 is 0. The molecule has 0 heterocycles. The van der Waals surface area contributed by atoms with E-state index in [1.807, 2.05) is 21.1 Å². The van der Waals surface area contributed by atoms with Crippen molar-refractivity contribution >= 4 is 17.9 Å². The first-order valence-corrected chi connectivity index (χ1v) is 32.0. The lowest BCUT2D eigenvalue weighted by atomic mass is 10.0. The van der Waals surface area contributed by atoms with Gasteiger partial charge in [-0.25, -0.2) is 0 Å². The maximum Gasteiger partial charge on any atom is 0.306 e. The largest absolute Gasteiger partial charge is 0.545 e. The fraction of sp³-hybridized carbons (Fsp3) is 0.892. The Balaban J connectivity index is 3.92. The van der Waals surface area contributed by atoms with Crippen molar-refractivity contribution in [2.45, 2.75) is 328 Å². The molecule has 0 saturated carbocycles. The molecule has 9 heteroatoms. The summed E-state index contributed by atoms with van der Waals surface area (Å²) in [5.74, 6) is -2.29. The Bertz CT molecular complexity index is 1260. The standard InChI is InChI=1S/C65H123NO8/c1-6-8-10-12-14-16-18-20-21-22-23-24-25-26-27-28-29-30-31-32-33-34-35-36-37-38-39-40-41-42-44-45-47-49-51-53-55-62(67)72-59-61(60-73-65(64(69)70)71-58-57-66(3,4)5)74-63(68)56-54-52-50-48-46-43-19-17-15-13-11-9-7-2/h11,13,17,19,61,65H,6-10,12,14-16,18,20-60H2,1-5H3/b13-11-,19-17-. The summed E-state index contributed by atoms with van der Waals surface area (Å²) in [5.41, 5.74) is 0. The zero-order valence-corrected chi connectivity index (χ0v) is 49.7. The van der Waals surface area contributed by atoms with Gasteiger partial charge in [0.05, 0.1) is 40.3 Å². The Labute approximate surface area is 458 Å². The molecule has 0 bridgehead atoms. The van der Waals surface area contributed by atoms with Gasteiger partial charge in [0.1, 0.15) is 13.2 Å². The number of hydrogen-bond acceptors (Lipinski definition) is 8. The molecule has 0 aliphatic carbocycles. The molecule has 0 fully saturated rings. The summed E-state index contributed by atoms with van der Waals surface area (Å²) in [4.78, 5) is 37.2. The van der Waals surface area contributed by atoms with Crippen LogP contribution in [0.1, 0.15) is 316 Å². The number of hydrogen-bond donors (Lipinski definition) is 0. The number of nitrogens with zero attached hydrogens (tertiary/aromatic N) is 1. The summed E-state index contributed by atoms with van der Waals surface area (Å²) in [6, 6.07) is 0. The van der Waals surface area contributed by atoms with E-state index < -0.39 is 24.3 Å². The Morgan fingerprint density at radius 3 is 1.12 bits per heavy atom. The van der Waals surface area contributed by atoms with Gasteiger partial charge in [-0.1, -0.05) is 289 Å². The van der Waals surface area contributed by atoms with Crippen LogP contribution in [0.3, 0.4) is 0 Å². The van der Waals surface area contributed by atoms with Crippen LogP contribution in [0.4, 0.5) is 0 Å². The van der Waals surface area contributed by atoms with Crippen LogP contribution in [0.2, 0.25) is 0 Å². The van der Waals surface area contributed by atoms with E-state index in [9.17, 15) is 19.5 Å². The number of quaternary nitrogens is 1. The quantitative estimate of drug-likeness (QED) is 0.0195. The Morgan fingerprint density at radius 2 is 0.757 bits per heavy atom. The minimum atomic E-state index is -1.62. The summed E-state index contributed by atoms with van der Waals surface area (Å²) < 4.78 is 22.7. The zero-order chi connectivity index (χ0) is 54.1. The van der Waals surface area contributed by atoms with Gasteiger partial charge in [0, 0.05) is 12.8 Å². The number of carboxylic acid groups (broad SMARTS) is 1. The molecule has 436 valence electrons. The second-order valence-corrected chi connectivity index (χ2v) is 23.1. The third-order valence-corrected chi connectivity index (χ3v) is 14.4. The maximum absolute atomic E-state index is 12.8. The maximum atomic E-state index is 12.8. The number of esters is 2. The van der Waals surface area contributed by atoms with E-state index >= 15 is 0 Å². The number of unbranched alkanes of at least 4 members (excludes halogenated alkanes) is 41. The first-order valence-electron chi connectivity index (χ1n) is 32.0. The monoisotopic (exact) mass is 1050 g/mol. The second-order valence-electron chi connectivity index (χ2n) is 23.1. The molecule has 0 aliphatic rings. The lowest BCUT2D eigenvalue weighted by Crippen LogP contribution is -2.44. The number of carboxylic acids is 1. The third-order valence-electron chi connectivity index (χ3n) is 14.4. The van der Waals surface area contributed by atoms with Crippen molar-refractivity contribution in [1.82, 2.24) is 0 Å². The number of aliphatic carboxylic acids is 1. The van der Waals surface area contributed by atoms with Crippen molar-refractivity contribution in [2.75, 3.05) is 47.5 Å². The topological polar surface area (TPSA) is 111 Å². The molecule has 0 aromatic carbocycles. The molecule has 0 amide bonds. The number of rotatable bonds is 60. The molecular weight excluding hydrogens is 923 g/mol. The summed E-state index contributed by atoms with van der Waals surface area (Å²) in [7, 11) is 5.92. The normalized spacial score (nSPS) is 12.8. The predicted molar refractivity (Wildman–Crippen MR) is 311 cm³/mol. The van der Waals surface area contributed by atoms with Gasteiger partial charge in [0.15, 0.2) is 12.4 Å². The lowest BCUT2D eigenvalue weighted by Gasteiger charge is -2.26. The first-order chi connectivity index (χ1) is 36.1. The number of allylic oxidation sites excluding steroid dienone is 4. The average Bonchev–Trinajstić information content (AvgIpc) is 3.37. The highest BCUT2D eigenvalue weighted by Crippen LogP contribution is 2.18. The minimum Gasteiger partial charge on any atom is -0.545 e. The number of carbonyl (C=O) groups is 3. The van der Waals surface area contributed by atoms with Crippen molar-refractivity contribution < 1.29 is 42.9 Å². The first kappa shape index (κ1) is 71.8. The molecule has 9 nitrogen and oxygen atoms in total. The number of ether oxygens (including phenoxy) is 4. The fourth-order valence-corrected chi connectivity index (χ4v) is 9.52. The van der Waals surface area contributed by atoms with Crippen molar-refractivity contribution in [3.63, 3.8) is 0 Å². The molecule has 0 N–H and O–H groups in total. The zero-order valence-electron chi connectivity index (χ0n) is 49.7. The van der Waals surface area contributed by atoms with Gasteiger partial charge in [-0.2, -0.15) is 0 Å². The van der Waals surface area contributed by atoms with Crippen LogP contribution < -0.4 is 5.11 Å². The van der Waals surface area contributed by atoms with Crippen LogP contribution >= 0.6 is 0 Å². The molecule has 2 atom stereocenters. The highest BCUT2D eigenvalue weighted by atomic mass is 16.7. The van der Waals surface area contributed by atoms with Crippen molar-refractivity contribution in [1.29, 1.82) is 0 Å². The van der Waals surface area contributed by atoms with Gasteiger partial charge in [-0.05, 0) is 38.5 Å². The van der Waals surface area contributed by atoms with E-state index in [1.165, 1.54) is 218 Å². The van der Waals surface area contributed by atoms with Crippen LogP contribution in [0, 0.1) is 0 Å². The van der Waals surface area contributed by atoms with E-state index in [4.69, 9.17) is 18.9 Å². The number of likely N-dealkylation sites (N-methyl/N-ethyl adjacent to an activating group) is 1. The molecule has 0 aromatic heterocycles. The molecule has 0 aliphatic heterocycles. The molecule has 74 heavy (non-hydrogen) atoms. The van der Waals surface area contributed by atoms with E-state index in [2.05, 4.69) is 38.2 Å². The van der Waals surface area contributed by atoms with Gasteiger partial charge >= 0.3 is 11.9 Å². The van der Waals surface area contributed by atoms with E-state index in [1.54, 1.807) is 0 Å². The van der Waals surface area contributed by atoms with Crippen LogP contribution in [-0.4, -0.2) is 82.3 Å². The predicted octanol–water partition coefficient (Wildman–Crippen LogP) is 17.7. The van der Waals surface area contributed by atoms with Crippen LogP contribution in [0.5, 0.6) is 0 Å². The third kappa shape index (κ3) is 57.5. The Hall–Kier alpha value is -2.23. The average molecular weight is 1050 g/mol. The molecule has 2 unspecified atom stereocenters. The van der Waals surface area contributed by atoms with Crippen molar-refractivity contribution in [3.05, 3.63) is 24.3 Å². The van der Waals surface area contributed by atoms with E-state index in [0.717, 1.165) is 64.2 Å². The van der Waals surface area contributed by atoms with Gasteiger partial charge < -0.3 is 33.3 Å². The molecule has 0 radical (unpaired) electrons. The van der Waals surface area contributed by atoms with Gasteiger partial charge in [-0.15, -0.1) is 0 Å². The number of carbonyl (C=O) groups excluding carboxylic acids is 3. The lowest BCUT2D eigenvalue weighted by molar-refractivity contribution is -0.870.